The third-order valence-electron chi connectivity index (χ3n) is 3.70. The van der Waals surface area contributed by atoms with Crippen molar-refractivity contribution in [2.45, 2.75) is 51.6 Å². The zero-order valence-corrected chi connectivity index (χ0v) is 7.71. The molecule has 0 saturated carbocycles. The molecule has 1 heteroatoms. The first-order chi connectivity index (χ1) is 5.36. The van der Waals surface area contributed by atoms with Gasteiger partial charge in [0.25, 0.3) is 0 Å². The Hall–Kier alpha value is -0.0400. The fourth-order valence-corrected chi connectivity index (χ4v) is 3.16. The highest BCUT2D eigenvalue weighted by Crippen LogP contribution is 2.42. The maximum absolute atomic E-state index is 2.73. The average molecular weight is 153 g/mol. The Kier molecular flexibility index (Phi) is 1.92. The predicted octanol–water partition coefficient (Wildman–Crippen LogP) is 2.27. The van der Waals surface area contributed by atoms with E-state index in [1.54, 1.807) is 0 Å². The molecule has 0 spiro atoms. The first kappa shape index (κ1) is 7.60. The van der Waals surface area contributed by atoms with Gasteiger partial charge in [-0.15, -0.1) is 0 Å². The Morgan fingerprint density at radius 2 is 2.09 bits per heavy atom. The van der Waals surface area contributed by atoms with Gasteiger partial charge in [-0.1, -0.05) is 20.3 Å². The minimum Gasteiger partial charge on any atom is -0.297 e. The molecule has 0 aromatic carbocycles. The topological polar surface area (TPSA) is 3.24 Å². The van der Waals surface area contributed by atoms with E-state index in [1.807, 2.05) is 0 Å². The molecule has 11 heavy (non-hydrogen) atoms. The molecule has 2 saturated heterocycles. The number of rotatable bonds is 2. The van der Waals surface area contributed by atoms with Crippen molar-refractivity contribution in [3.8, 4) is 0 Å². The van der Waals surface area contributed by atoms with Gasteiger partial charge in [0.05, 0.1) is 0 Å². The molecule has 3 unspecified atom stereocenters. The van der Waals surface area contributed by atoms with Crippen molar-refractivity contribution in [2.24, 2.45) is 5.92 Å². The Morgan fingerprint density at radius 1 is 1.27 bits per heavy atom. The van der Waals surface area contributed by atoms with Gasteiger partial charge < -0.3 is 0 Å². The maximum atomic E-state index is 2.73. The second-order valence-electron chi connectivity index (χ2n) is 4.03. The average Bonchev–Trinajstić information content (AvgIpc) is 2.59. The highest BCUT2D eigenvalue weighted by Gasteiger charge is 2.43. The lowest BCUT2D eigenvalue weighted by Crippen LogP contribution is -2.29. The van der Waals surface area contributed by atoms with Crippen LogP contribution >= 0.6 is 0 Å². The van der Waals surface area contributed by atoms with Crippen LogP contribution < -0.4 is 0 Å². The molecule has 2 bridgehead atoms. The molecule has 0 N–H and O–H groups in total. The Bertz CT molecular complexity index is 144. The molecule has 2 rings (SSSR count). The first-order valence-corrected chi connectivity index (χ1v) is 5.12. The van der Waals surface area contributed by atoms with Gasteiger partial charge in [-0.2, -0.15) is 0 Å². The van der Waals surface area contributed by atoms with Crippen LogP contribution in [-0.2, 0) is 0 Å². The van der Waals surface area contributed by atoms with Gasteiger partial charge in [0.1, 0.15) is 0 Å². The van der Waals surface area contributed by atoms with Crippen LogP contribution in [0.2, 0.25) is 0 Å². The smallest absolute Gasteiger partial charge is 0.0127 e. The van der Waals surface area contributed by atoms with E-state index in [1.165, 1.54) is 32.2 Å². The zero-order valence-electron chi connectivity index (χ0n) is 7.71. The van der Waals surface area contributed by atoms with Crippen molar-refractivity contribution >= 4 is 0 Å². The van der Waals surface area contributed by atoms with Crippen LogP contribution in [0.25, 0.3) is 0 Å². The van der Waals surface area contributed by atoms with Gasteiger partial charge in [0, 0.05) is 12.1 Å². The van der Waals surface area contributed by atoms with Crippen molar-refractivity contribution in [1.29, 1.82) is 0 Å². The number of fused-ring (bicyclic) bond motifs is 2. The van der Waals surface area contributed by atoms with E-state index in [9.17, 15) is 0 Å². The minimum atomic E-state index is 0.968. The summed E-state index contributed by atoms with van der Waals surface area (Å²) in [7, 11) is 0. The van der Waals surface area contributed by atoms with Crippen molar-refractivity contribution in [1.82, 2.24) is 4.90 Å². The van der Waals surface area contributed by atoms with E-state index in [2.05, 4.69) is 18.7 Å². The first-order valence-electron chi connectivity index (χ1n) is 5.12. The van der Waals surface area contributed by atoms with Crippen LogP contribution in [0.5, 0.6) is 0 Å². The lowest BCUT2D eigenvalue weighted by Gasteiger charge is -2.21. The van der Waals surface area contributed by atoms with Crippen LogP contribution in [0.4, 0.5) is 0 Å². The van der Waals surface area contributed by atoms with E-state index in [-0.39, 0.29) is 0 Å². The highest BCUT2D eigenvalue weighted by atomic mass is 15.2. The van der Waals surface area contributed by atoms with E-state index in [0.29, 0.717) is 0 Å². The summed E-state index contributed by atoms with van der Waals surface area (Å²) in [6.07, 6.45) is 5.86. The zero-order chi connectivity index (χ0) is 7.84. The van der Waals surface area contributed by atoms with Crippen LogP contribution in [0.15, 0.2) is 0 Å². The lowest BCUT2D eigenvalue weighted by molar-refractivity contribution is 0.247. The third kappa shape index (κ3) is 1.01. The number of hydrogen-bond donors (Lipinski definition) is 0. The molecule has 2 aliphatic rings. The molecular formula is C10H19N. The van der Waals surface area contributed by atoms with Crippen LogP contribution in [0, 0.1) is 5.92 Å². The highest BCUT2D eigenvalue weighted by molar-refractivity contribution is 4.98. The normalized spacial score (nSPS) is 43.6. The fraction of sp³-hybridized carbons (Fsp3) is 1.00. The molecule has 0 aromatic rings. The van der Waals surface area contributed by atoms with Gasteiger partial charge in [0.2, 0.25) is 0 Å². The monoisotopic (exact) mass is 153 g/mol. The Balaban J connectivity index is 2.06. The largest absolute Gasteiger partial charge is 0.297 e. The summed E-state index contributed by atoms with van der Waals surface area (Å²) >= 11 is 0. The van der Waals surface area contributed by atoms with Crippen LogP contribution in [0.3, 0.4) is 0 Å². The molecule has 1 nitrogen and oxygen atoms in total. The predicted molar refractivity (Wildman–Crippen MR) is 47.6 cm³/mol. The van der Waals surface area contributed by atoms with Gasteiger partial charge >= 0.3 is 0 Å². The number of nitrogens with zero attached hydrogens (tertiary/aromatic N) is 1. The van der Waals surface area contributed by atoms with E-state index in [0.717, 1.165) is 18.0 Å². The molecule has 2 aliphatic heterocycles. The quantitative estimate of drug-likeness (QED) is 0.588. The van der Waals surface area contributed by atoms with Gasteiger partial charge in [0.15, 0.2) is 0 Å². The molecule has 0 radical (unpaired) electrons. The molecule has 0 aliphatic carbocycles. The fourth-order valence-electron chi connectivity index (χ4n) is 3.16. The third-order valence-corrected chi connectivity index (χ3v) is 3.70. The van der Waals surface area contributed by atoms with Crippen molar-refractivity contribution in [3.05, 3.63) is 0 Å². The lowest BCUT2D eigenvalue weighted by atomic mass is 9.87. The maximum Gasteiger partial charge on any atom is 0.0127 e. The molecule has 0 amide bonds. The Labute approximate surface area is 69.8 Å². The van der Waals surface area contributed by atoms with E-state index in [4.69, 9.17) is 0 Å². The molecule has 2 fully saturated rings. The summed E-state index contributed by atoms with van der Waals surface area (Å²) in [6.45, 7) is 5.94. The van der Waals surface area contributed by atoms with Crippen molar-refractivity contribution in [2.75, 3.05) is 6.54 Å². The summed E-state index contributed by atoms with van der Waals surface area (Å²) in [4.78, 5) is 2.73. The summed E-state index contributed by atoms with van der Waals surface area (Å²) < 4.78 is 0. The van der Waals surface area contributed by atoms with E-state index >= 15 is 0 Å². The summed E-state index contributed by atoms with van der Waals surface area (Å²) in [6, 6.07) is 1.94. The summed E-state index contributed by atoms with van der Waals surface area (Å²) in [5.74, 6) is 1.04. The van der Waals surface area contributed by atoms with Crippen molar-refractivity contribution < 1.29 is 0 Å². The second kappa shape index (κ2) is 2.78. The second-order valence-corrected chi connectivity index (χ2v) is 4.03. The molecular weight excluding hydrogens is 134 g/mol. The SMILES string of the molecule is CCC1CC2CCC1N2CC. The molecule has 2 heterocycles. The molecule has 64 valence electrons. The Morgan fingerprint density at radius 3 is 2.55 bits per heavy atom. The van der Waals surface area contributed by atoms with Crippen LogP contribution in [-0.4, -0.2) is 23.5 Å². The molecule has 0 aromatic heterocycles. The van der Waals surface area contributed by atoms with E-state index < -0.39 is 0 Å². The minimum absolute atomic E-state index is 0.968. The molecule has 3 atom stereocenters. The van der Waals surface area contributed by atoms with Crippen LogP contribution in [0.1, 0.15) is 39.5 Å². The van der Waals surface area contributed by atoms with Gasteiger partial charge in [-0.3, -0.25) is 4.90 Å². The number of hydrogen-bond acceptors (Lipinski definition) is 1. The van der Waals surface area contributed by atoms with Gasteiger partial charge in [-0.05, 0) is 31.7 Å². The summed E-state index contributed by atoms with van der Waals surface area (Å²) in [5, 5.41) is 0. The van der Waals surface area contributed by atoms with Gasteiger partial charge in [-0.25, -0.2) is 0 Å². The van der Waals surface area contributed by atoms with Crippen molar-refractivity contribution in [3.63, 3.8) is 0 Å². The summed E-state index contributed by atoms with van der Waals surface area (Å²) in [5.41, 5.74) is 0. The standard InChI is InChI=1S/C10H19N/c1-3-8-7-9-5-6-10(8)11(9)4-2/h8-10H,3-7H2,1-2H3.